The van der Waals surface area contributed by atoms with Crippen molar-refractivity contribution in [2.24, 2.45) is 5.73 Å². The summed E-state index contributed by atoms with van der Waals surface area (Å²) in [5.74, 6) is 0.0912. The van der Waals surface area contributed by atoms with E-state index in [1.165, 1.54) is 0 Å². The van der Waals surface area contributed by atoms with Gasteiger partial charge in [0.25, 0.3) is 5.91 Å². The Morgan fingerprint density at radius 3 is 3.00 bits per heavy atom. The fraction of sp³-hybridized carbons (Fsp3) is 0.667. The molecule has 0 bridgehead atoms. The van der Waals surface area contributed by atoms with Crippen molar-refractivity contribution < 1.29 is 9.53 Å². The van der Waals surface area contributed by atoms with Gasteiger partial charge in [0, 0.05) is 39.0 Å². The number of amides is 1. The normalized spacial score (nSPS) is 23.1. The number of aryl methyl sites for hydroxylation is 1. The Hall–Kier alpha value is -1.33. The molecule has 2 rings (SSSR count). The first-order chi connectivity index (χ1) is 9.71. The van der Waals surface area contributed by atoms with Crippen molar-refractivity contribution in [1.29, 1.82) is 0 Å². The summed E-state index contributed by atoms with van der Waals surface area (Å²) in [6.45, 7) is 4.19. The Morgan fingerprint density at radius 2 is 2.35 bits per heavy atom. The summed E-state index contributed by atoms with van der Waals surface area (Å²) in [4.78, 5) is 14.6. The molecule has 1 aromatic heterocycles. The van der Waals surface area contributed by atoms with E-state index in [4.69, 9.17) is 10.5 Å². The number of piperidine rings is 1. The molecule has 2 unspecified atom stereocenters. The van der Waals surface area contributed by atoms with Gasteiger partial charge in [-0.3, -0.25) is 4.79 Å². The number of aromatic nitrogens is 1. The molecule has 0 spiro atoms. The Labute approximate surface area is 120 Å². The van der Waals surface area contributed by atoms with Crippen LogP contribution in [0.2, 0.25) is 0 Å². The molecule has 5 nitrogen and oxygen atoms in total. The van der Waals surface area contributed by atoms with Gasteiger partial charge in [-0.25, -0.2) is 0 Å². The Bertz CT molecular complexity index is 444. The third-order valence-corrected chi connectivity index (χ3v) is 4.05. The summed E-state index contributed by atoms with van der Waals surface area (Å²) in [6, 6.07) is 3.90. The molecule has 20 heavy (non-hydrogen) atoms. The monoisotopic (exact) mass is 279 g/mol. The SMILES string of the molecule is CCCn1cccc1C(=O)N1CCC(OC)CC1CN. The zero-order valence-corrected chi connectivity index (χ0v) is 12.4. The Kier molecular flexibility index (Phi) is 5.20. The number of methoxy groups -OCH3 is 1. The molecule has 0 radical (unpaired) electrons. The summed E-state index contributed by atoms with van der Waals surface area (Å²) in [6.07, 6.45) is 4.91. The highest BCUT2D eigenvalue weighted by molar-refractivity contribution is 5.93. The highest BCUT2D eigenvalue weighted by atomic mass is 16.5. The van der Waals surface area contributed by atoms with Crippen LogP contribution in [0.5, 0.6) is 0 Å². The van der Waals surface area contributed by atoms with E-state index in [0.29, 0.717) is 6.54 Å². The molecule has 0 aromatic carbocycles. The van der Waals surface area contributed by atoms with Crippen LogP contribution < -0.4 is 5.73 Å². The van der Waals surface area contributed by atoms with Gasteiger partial charge in [-0.2, -0.15) is 0 Å². The van der Waals surface area contributed by atoms with Crippen LogP contribution in [0.15, 0.2) is 18.3 Å². The second-order valence-electron chi connectivity index (χ2n) is 5.36. The van der Waals surface area contributed by atoms with Gasteiger partial charge in [0.1, 0.15) is 5.69 Å². The predicted molar refractivity (Wildman–Crippen MR) is 78.6 cm³/mol. The summed E-state index contributed by atoms with van der Waals surface area (Å²) < 4.78 is 7.43. The van der Waals surface area contributed by atoms with E-state index in [9.17, 15) is 4.79 Å². The summed E-state index contributed by atoms with van der Waals surface area (Å²) >= 11 is 0. The maximum atomic E-state index is 12.7. The molecule has 1 aliphatic rings. The molecule has 1 fully saturated rings. The number of nitrogens with zero attached hydrogens (tertiary/aromatic N) is 2. The van der Waals surface area contributed by atoms with Gasteiger partial charge in [0.15, 0.2) is 0 Å². The van der Waals surface area contributed by atoms with Crippen LogP contribution in [-0.4, -0.2) is 47.7 Å². The number of rotatable bonds is 5. The molecule has 0 aliphatic carbocycles. The number of carbonyl (C=O) groups is 1. The van der Waals surface area contributed by atoms with E-state index in [1.807, 2.05) is 27.8 Å². The molecular formula is C15H25N3O2. The molecule has 112 valence electrons. The second kappa shape index (κ2) is 6.90. The van der Waals surface area contributed by atoms with Crippen molar-refractivity contribution >= 4 is 5.91 Å². The first-order valence-electron chi connectivity index (χ1n) is 7.40. The smallest absolute Gasteiger partial charge is 0.270 e. The summed E-state index contributed by atoms with van der Waals surface area (Å²) in [5, 5.41) is 0. The van der Waals surface area contributed by atoms with E-state index in [2.05, 4.69) is 6.92 Å². The maximum Gasteiger partial charge on any atom is 0.270 e. The molecular weight excluding hydrogens is 254 g/mol. The lowest BCUT2D eigenvalue weighted by atomic mass is 9.99. The highest BCUT2D eigenvalue weighted by Crippen LogP contribution is 2.21. The minimum absolute atomic E-state index is 0.0752. The van der Waals surface area contributed by atoms with Crippen molar-refractivity contribution in [3.05, 3.63) is 24.0 Å². The molecule has 1 aliphatic heterocycles. The summed E-state index contributed by atoms with van der Waals surface area (Å²) in [7, 11) is 1.72. The molecule has 2 heterocycles. The molecule has 0 saturated carbocycles. The van der Waals surface area contributed by atoms with Crippen molar-refractivity contribution in [2.45, 2.75) is 44.9 Å². The minimum atomic E-state index is 0.0752. The van der Waals surface area contributed by atoms with Gasteiger partial charge in [0.05, 0.1) is 6.10 Å². The van der Waals surface area contributed by atoms with E-state index in [-0.39, 0.29) is 18.1 Å². The number of likely N-dealkylation sites (tertiary alicyclic amines) is 1. The van der Waals surface area contributed by atoms with Crippen molar-refractivity contribution in [3.8, 4) is 0 Å². The number of hydrogen-bond acceptors (Lipinski definition) is 3. The number of carbonyl (C=O) groups excluding carboxylic acids is 1. The standard InChI is InChI=1S/C15H25N3O2/c1-3-7-17-8-4-5-14(17)15(19)18-9-6-13(20-2)10-12(18)11-16/h4-5,8,12-13H,3,6-7,9-11,16H2,1-2H3. The van der Waals surface area contributed by atoms with E-state index in [0.717, 1.165) is 38.0 Å². The third-order valence-electron chi connectivity index (χ3n) is 4.05. The van der Waals surface area contributed by atoms with Crippen LogP contribution in [0.25, 0.3) is 0 Å². The number of hydrogen-bond donors (Lipinski definition) is 1. The number of nitrogens with two attached hydrogens (primary N) is 1. The fourth-order valence-corrected chi connectivity index (χ4v) is 2.91. The quantitative estimate of drug-likeness (QED) is 0.888. The first kappa shape index (κ1) is 15.1. The maximum absolute atomic E-state index is 12.7. The van der Waals surface area contributed by atoms with Gasteiger partial charge in [0.2, 0.25) is 0 Å². The fourth-order valence-electron chi connectivity index (χ4n) is 2.91. The van der Waals surface area contributed by atoms with Gasteiger partial charge in [-0.15, -0.1) is 0 Å². The molecule has 1 saturated heterocycles. The molecule has 1 amide bonds. The average Bonchev–Trinajstić information content (AvgIpc) is 2.94. The lowest BCUT2D eigenvalue weighted by Crippen LogP contribution is -2.51. The van der Waals surface area contributed by atoms with Gasteiger partial charge >= 0.3 is 0 Å². The highest BCUT2D eigenvalue weighted by Gasteiger charge is 2.32. The van der Waals surface area contributed by atoms with E-state index < -0.39 is 0 Å². The van der Waals surface area contributed by atoms with E-state index >= 15 is 0 Å². The van der Waals surface area contributed by atoms with Crippen LogP contribution >= 0.6 is 0 Å². The van der Waals surface area contributed by atoms with Crippen LogP contribution in [0.1, 0.15) is 36.7 Å². The molecule has 1 aromatic rings. The third kappa shape index (κ3) is 3.04. The van der Waals surface area contributed by atoms with E-state index in [1.54, 1.807) is 7.11 Å². The largest absolute Gasteiger partial charge is 0.381 e. The lowest BCUT2D eigenvalue weighted by Gasteiger charge is -2.38. The predicted octanol–water partition coefficient (Wildman–Crippen LogP) is 1.48. The first-order valence-corrected chi connectivity index (χ1v) is 7.40. The second-order valence-corrected chi connectivity index (χ2v) is 5.36. The van der Waals surface area contributed by atoms with Crippen LogP contribution in [0.3, 0.4) is 0 Å². The molecule has 2 atom stereocenters. The minimum Gasteiger partial charge on any atom is -0.381 e. The van der Waals surface area contributed by atoms with Crippen molar-refractivity contribution in [3.63, 3.8) is 0 Å². The summed E-state index contributed by atoms with van der Waals surface area (Å²) in [5.41, 5.74) is 6.61. The Balaban J connectivity index is 2.13. The lowest BCUT2D eigenvalue weighted by molar-refractivity contribution is 0.0134. The molecule has 5 heteroatoms. The van der Waals surface area contributed by atoms with Crippen LogP contribution in [0, 0.1) is 0 Å². The van der Waals surface area contributed by atoms with Crippen LogP contribution in [-0.2, 0) is 11.3 Å². The van der Waals surface area contributed by atoms with Crippen LogP contribution in [0.4, 0.5) is 0 Å². The average molecular weight is 279 g/mol. The number of ether oxygens (including phenoxy) is 1. The topological polar surface area (TPSA) is 60.5 Å². The Morgan fingerprint density at radius 1 is 1.55 bits per heavy atom. The zero-order chi connectivity index (χ0) is 14.5. The molecule has 2 N–H and O–H groups in total. The van der Waals surface area contributed by atoms with Gasteiger partial charge in [-0.1, -0.05) is 6.92 Å². The van der Waals surface area contributed by atoms with Crippen molar-refractivity contribution in [1.82, 2.24) is 9.47 Å². The van der Waals surface area contributed by atoms with Gasteiger partial charge in [-0.05, 0) is 31.4 Å². The van der Waals surface area contributed by atoms with Gasteiger partial charge < -0.3 is 19.9 Å². The van der Waals surface area contributed by atoms with Crippen molar-refractivity contribution in [2.75, 3.05) is 20.2 Å². The zero-order valence-electron chi connectivity index (χ0n) is 12.4.